The first-order valence-electron chi connectivity index (χ1n) is 10.2. The molecule has 9 nitrogen and oxygen atoms in total. The standard InChI is InChI=1S/C22H25N5O4/c1-15-18(16(2)31-25-15)12-21(28)26-8-10-27(11-9-26)22(29)24-14-20-23-13-19(30-20)17-6-4-3-5-7-17/h3-7,13H,8-12,14H2,1-2H3,(H,24,29). The first-order chi connectivity index (χ1) is 15.0. The van der Waals surface area contributed by atoms with Crippen LogP contribution in [-0.2, 0) is 17.8 Å². The minimum absolute atomic E-state index is 0.0164. The molecular formula is C22H25N5O4. The molecular weight excluding hydrogens is 398 g/mol. The van der Waals surface area contributed by atoms with Gasteiger partial charge in [0.15, 0.2) is 5.76 Å². The number of carbonyl (C=O) groups excluding carboxylic acids is 2. The van der Waals surface area contributed by atoms with Crippen LogP contribution in [0.1, 0.15) is 22.9 Å². The zero-order chi connectivity index (χ0) is 21.8. The van der Waals surface area contributed by atoms with E-state index >= 15 is 0 Å². The number of benzene rings is 1. The smallest absolute Gasteiger partial charge is 0.317 e. The van der Waals surface area contributed by atoms with Crippen molar-refractivity contribution in [3.63, 3.8) is 0 Å². The lowest BCUT2D eigenvalue weighted by atomic mass is 10.1. The molecule has 31 heavy (non-hydrogen) atoms. The van der Waals surface area contributed by atoms with Crippen molar-refractivity contribution in [2.75, 3.05) is 26.2 Å². The molecule has 9 heteroatoms. The van der Waals surface area contributed by atoms with E-state index in [-0.39, 0.29) is 24.9 Å². The van der Waals surface area contributed by atoms with Crippen LogP contribution in [0.25, 0.3) is 11.3 Å². The number of amides is 3. The minimum atomic E-state index is -0.197. The molecule has 0 atom stereocenters. The Morgan fingerprint density at radius 2 is 1.77 bits per heavy atom. The lowest BCUT2D eigenvalue weighted by Crippen LogP contribution is -2.53. The number of carbonyl (C=O) groups is 2. The fourth-order valence-electron chi connectivity index (χ4n) is 3.57. The van der Waals surface area contributed by atoms with Crippen molar-refractivity contribution < 1.29 is 18.5 Å². The van der Waals surface area contributed by atoms with Gasteiger partial charge < -0.3 is 24.1 Å². The summed E-state index contributed by atoms with van der Waals surface area (Å²) in [5.41, 5.74) is 2.52. The Hall–Kier alpha value is -3.62. The zero-order valence-electron chi connectivity index (χ0n) is 17.6. The van der Waals surface area contributed by atoms with Gasteiger partial charge in [-0.2, -0.15) is 0 Å². The number of hydrogen-bond donors (Lipinski definition) is 1. The number of nitrogens with one attached hydrogen (secondary N) is 1. The highest BCUT2D eigenvalue weighted by atomic mass is 16.5. The summed E-state index contributed by atoms with van der Waals surface area (Å²) in [6.07, 6.45) is 1.92. The van der Waals surface area contributed by atoms with Gasteiger partial charge in [-0.05, 0) is 13.8 Å². The van der Waals surface area contributed by atoms with Crippen LogP contribution >= 0.6 is 0 Å². The van der Waals surface area contributed by atoms with Gasteiger partial charge in [-0.1, -0.05) is 35.5 Å². The summed E-state index contributed by atoms with van der Waals surface area (Å²) in [6, 6.07) is 9.48. The third kappa shape index (κ3) is 4.76. The molecule has 1 aromatic carbocycles. The third-order valence-corrected chi connectivity index (χ3v) is 5.43. The number of aryl methyl sites for hydroxylation is 2. The monoisotopic (exact) mass is 423 g/mol. The van der Waals surface area contributed by atoms with Crippen LogP contribution in [0.5, 0.6) is 0 Å². The Labute approximate surface area is 180 Å². The van der Waals surface area contributed by atoms with Gasteiger partial charge in [0, 0.05) is 37.3 Å². The highest BCUT2D eigenvalue weighted by molar-refractivity contribution is 5.80. The van der Waals surface area contributed by atoms with E-state index in [1.54, 1.807) is 16.0 Å². The predicted octanol–water partition coefficient (Wildman–Crippen LogP) is 2.54. The van der Waals surface area contributed by atoms with Crippen LogP contribution in [0.2, 0.25) is 0 Å². The molecule has 0 radical (unpaired) electrons. The lowest BCUT2D eigenvalue weighted by Gasteiger charge is -2.34. The second-order valence-corrected chi connectivity index (χ2v) is 7.49. The summed E-state index contributed by atoms with van der Waals surface area (Å²) in [5, 5.41) is 6.73. The Morgan fingerprint density at radius 3 is 2.45 bits per heavy atom. The highest BCUT2D eigenvalue weighted by Gasteiger charge is 2.25. The maximum Gasteiger partial charge on any atom is 0.317 e. The Bertz CT molecular complexity index is 1030. The molecule has 1 fully saturated rings. The van der Waals surface area contributed by atoms with Crippen LogP contribution in [0.15, 0.2) is 45.5 Å². The van der Waals surface area contributed by atoms with Gasteiger partial charge in [-0.25, -0.2) is 9.78 Å². The van der Waals surface area contributed by atoms with Crippen LogP contribution < -0.4 is 5.32 Å². The molecule has 1 aliphatic heterocycles. The Balaban J connectivity index is 1.24. The fourth-order valence-corrected chi connectivity index (χ4v) is 3.57. The van der Waals surface area contributed by atoms with Crippen molar-refractivity contribution in [1.82, 2.24) is 25.3 Å². The van der Waals surface area contributed by atoms with Gasteiger partial charge in [0.2, 0.25) is 11.8 Å². The molecule has 0 bridgehead atoms. The van der Waals surface area contributed by atoms with Crippen molar-refractivity contribution in [2.24, 2.45) is 0 Å². The summed E-state index contributed by atoms with van der Waals surface area (Å²) in [5.74, 6) is 1.80. The maximum atomic E-state index is 12.6. The third-order valence-electron chi connectivity index (χ3n) is 5.43. The van der Waals surface area contributed by atoms with Crippen molar-refractivity contribution >= 4 is 11.9 Å². The van der Waals surface area contributed by atoms with Gasteiger partial charge >= 0.3 is 6.03 Å². The first-order valence-corrected chi connectivity index (χ1v) is 10.2. The van der Waals surface area contributed by atoms with Crippen LogP contribution in [0, 0.1) is 13.8 Å². The van der Waals surface area contributed by atoms with Crippen molar-refractivity contribution in [1.29, 1.82) is 0 Å². The number of urea groups is 1. The number of aromatic nitrogens is 2. The Morgan fingerprint density at radius 1 is 1.06 bits per heavy atom. The van der Waals surface area contributed by atoms with E-state index in [2.05, 4.69) is 15.5 Å². The van der Waals surface area contributed by atoms with Crippen LogP contribution in [0.3, 0.4) is 0 Å². The second kappa shape index (κ2) is 9.03. The van der Waals surface area contributed by atoms with E-state index in [0.717, 1.165) is 16.8 Å². The number of hydrogen-bond acceptors (Lipinski definition) is 6. The van der Waals surface area contributed by atoms with Gasteiger partial charge in [-0.15, -0.1) is 0 Å². The molecule has 1 saturated heterocycles. The molecule has 2 aromatic heterocycles. The molecule has 3 heterocycles. The topological polar surface area (TPSA) is 105 Å². The van der Waals surface area contributed by atoms with Crippen LogP contribution in [-0.4, -0.2) is 58.1 Å². The van der Waals surface area contributed by atoms with E-state index < -0.39 is 0 Å². The van der Waals surface area contributed by atoms with Gasteiger partial charge in [0.1, 0.15) is 5.76 Å². The average Bonchev–Trinajstić information content (AvgIpc) is 3.40. The normalized spacial score (nSPS) is 14.0. The van der Waals surface area contributed by atoms with Gasteiger partial charge in [0.05, 0.1) is 24.9 Å². The number of oxazole rings is 1. The van der Waals surface area contributed by atoms with E-state index in [0.29, 0.717) is 43.6 Å². The SMILES string of the molecule is Cc1noc(C)c1CC(=O)N1CCN(C(=O)NCc2ncc(-c3ccccc3)o2)CC1. The van der Waals surface area contributed by atoms with E-state index in [1.165, 1.54) is 0 Å². The minimum Gasteiger partial charge on any atom is -0.439 e. The lowest BCUT2D eigenvalue weighted by molar-refractivity contribution is -0.131. The van der Waals surface area contributed by atoms with E-state index in [9.17, 15) is 9.59 Å². The molecule has 162 valence electrons. The summed E-state index contributed by atoms with van der Waals surface area (Å²) in [4.78, 5) is 32.8. The molecule has 0 aliphatic carbocycles. The first kappa shape index (κ1) is 20.6. The van der Waals surface area contributed by atoms with Gasteiger partial charge in [-0.3, -0.25) is 4.79 Å². The highest BCUT2D eigenvalue weighted by Crippen LogP contribution is 2.19. The molecule has 3 amide bonds. The van der Waals surface area contributed by atoms with E-state index in [4.69, 9.17) is 8.94 Å². The quantitative estimate of drug-likeness (QED) is 0.676. The molecule has 0 saturated carbocycles. The average molecular weight is 423 g/mol. The summed E-state index contributed by atoms with van der Waals surface area (Å²) >= 11 is 0. The summed E-state index contributed by atoms with van der Waals surface area (Å²) < 4.78 is 10.8. The largest absolute Gasteiger partial charge is 0.439 e. The molecule has 3 aromatic rings. The Kier molecular flexibility index (Phi) is 6.01. The number of piperazine rings is 1. The molecule has 0 spiro atoms. The second-order valence-electron chi connectivity index (χ2n) is 7.49. The van der Waals surface area contributed by atoms with Crippen molar-refractivity contribution in [3.05, 3.63) is 59.4 Å². The van der Waals surface area contributed by atoms with Crippen LogP contribution in [0.4, 0.5) is 4.79 Å². The fraction of sp³-hybridized carbons (Fsp3) is 0.364. The van der Waals surface area contributed by atoms with Crippen molar-refractivity contribution in [3.8, 4) is 11.3 Å². The molecule has 1 aliphatic rings. The van der Waals surface area contributed by atoms with Crippen molar-refractivity contribution in [2.45, 2.75) is 26.8 Å². The molecule has 1 N–H and O–H groups in total. The number of rotatable bonds is 5. The summed E-state index contributed by atoms with van der Waals surface area (Å²) in [7, 11) is 0. The predicted molar refractivity (Wildman–Crippen MR) is 112 cm³/mol. The molecule has 0 unspecified atom stereocenters. The maximum absolute atomic E-state index is 12.6. The van der Waals surface area contributed by atoms with E-state index in [1.807, 2.05) is 44.2 Å². The van der Waals surface area contributed by atoms with Gasteiger partial charge in [0.25, 0.3) is 0 Å². The molecule has 4 rings (SSSR count). The summed E-state index contributed by atoms with van der Waals surface area (Å²) in [6.45, 7) is 5.77. The zero-order valence-corrected chi connectivity index (χ0v) is 17.6. The number of nitrogens with zero attached hydrogens (tertiary/aromatic N) is 4.